The van der Waals surface area contributed by atoms with Gasteiger partial charge in [0.1, 0.15) is 0 Å². The normalized spacial score (nSPS) is 3.12. The molecule has 0 aliphatic carbocycles. The summed E-state index contributed by atoms with van der Waals surface area (Å²) in [6, 6.07) is 0. The fourth-order valence-corrected chi connectivity index (χ4v) is 0. The fourth-order valence-electron chi connectivity index (χ4n) is 0. The van der Waals surface area contributed by atoms with E-state index < -0.39 is 15.4 Å². The molecule has 0 aromatic rings. The Bertz CT molecular complexity index is 59.7. The molecule has 0 fully saturated rings. The van der Waals surface area contributed by atoms with Crippen LogP contribution < -0.4 is 211 Å². The molecule has 32 valence electrons. The summed E-state index contributed by atoms with van der Waals surface area (Å²) < 4.78 is 25.7. The molecule has 0 atom stereocenters. The van der Waals surface area contributed by atoms with Gasteiger partial charge in [0.25, 0.3) is 0 Å². The molecule has 0 saturated heterocycles. The second-order valence-electron chi connectivity index (χ2n) is 0.224. The standard InChI is InChI=1S/3Cs.4O.V/q3*+1;;;-2;-1;. The van der Waals surface area contributed by atoms with Gasteiger partial charge in [-0.2, -0.15) is 0 Å². The third-order valence-corrected chi connectivity index (χ3v) is 0. The molecule has 0 heterocycles. The van der Waals surface area contributed by atoms with E-state index in [1.807, 2.05) is 0 Å². The summed E-state index contributed by atoms with van der Waals surface area (Å²) in [5.74, 6) is 0. The van der Waals surface area contributed by atoms with Crippen LogP contribution in [0, 0.1) is 0 Å². The topological polar surface area (TPSA) is 85.7 Å². The van der Waals surface area contributed by atoms with Crippen LogP contribution in [0.4, 0.5) is 0 Å². The Morgan fingerprint density at radius 2 is 1.00 bits per heavy atom. The molecule has 0 bridgehead atoms. The van der Waals surface area contributed by atoms with Gasteiger partial charge in [0.05, 0.1) is 0 Å². The average molecular weight is 514 g/mol. The van der Waals surface area contributed by atoms with Gasteiger partial charge in [-0.3, -0.25) is 0 Å². The van der Waals surface area contributed by atoms with Crippen molar-refractivity contribution in [3.63, 3.8) is 0 Å². The molecule has 0 aliphatic heterocycles. The molecule has 0 N–H and O–H groups in total. The van der Waals surface area contributed by atoms with Gasteiger partial charge in [-0.05, 0) is 0 Å². The molecule has 8 heavy (non-hydrogen) atoms. The summed E-state index contributed by atoms with van der Waals surface area (Å²) in [5.41, 5.74) is 0. The Kier molecular flexibility index (Phi) is 85.0. The van der Waals surface area contributed by atoms with Crippen molar-refractivity contribution in [3.05, 3.63) is 0 Å². The van der Waals surface area contributed by atoms with E-state index in [1.165, 1.54) is 0 Å². The molecular weight excluding hydrogens is 514 g/mol. The summed E-state index contributed by atoms with van der Waals surface area (Å²) in [6.45, 7) is 0. The molecule has 0 aromatic carbocycles. The van der Waals surface area contributed by atoms with Crippen LogP contribution in [-0.2, 0) is 28.2 Å². The van der Waals surface area contributed by atoms with Crippen molar-refractivity contribution in [1.82, 2.24) is 0 Å². The number of hydrogen-bond acceptors (Lipinski definition) is 3. The molecule has 0 radical (unpaired) electrons. The molecule has 4 nitrogen and oxygen atoms in total. The molecule has 0 saturated carbocycles. The first kappa shape index (κ1) is 29.2. The second kappa shape index (κ2) is 23.2. The average Bonchev–Trinajstić information content (AvgIpc) is 0.811. The van der Waals surface area contributed by atoms with Gasteiger partial charge in [-0.1, -0.05) is 0 Å². The third-order valence-electron chi connectivity index (χ3n) is 0. The molecule has 0 amide bonds. The van der Waals surface area contributed by atoms with Gasteiger partial charge < -0.3 is 5.48 Å². The van der Waals surface area contributed by atoms with Crippen LogP contribution in [0.1, 0.15) is 0 Å². The van der Waals surface area contributed by atoms with Crippen molar-refractivity contribution >= 4 is 0 Å². The summed E-state index contributed by atoms with van der Waals surface area (Å²) in [6.07, 6.45) is 0. The quantitative estimate of drug-likeness (QED) is 0.323. The Morgan fingerprint density at radius 3 is 1.00 bits per heavy atom. The van der Waals surface area contributed by atoms with Crippen molar-refractivity contribution < 1.29 is 239 Å². The first-order valence-electron chi connectivity index (χ1n) is 0.548. The second-order valence-corrected chi connectivity index (χ2v) is 0.922. The predicted molar refractivity (Wildman–Crippen MR) is 2.06 cm³/mol. The van der Waals surface area contributed by atoms with Gasteiger partial charge in [-0.15, -0.1) is 0 Å². The molecular formula is Cs3O4V. The zero-order chi connectivity index (χ0) is 3.58. The van der Waals surface area contributed by atoms with Crippen molar-refractivity contribution in [1.29, 1.82) is 0 Å². The van der Waals surface area contributed by atoms with Gasteiger partial charge in [0.2, 0.25) is 0 Å². The van der Waals surface area contributed by atoms with E-state index in [2.05, 4.69) is 0 Å². The van der Waals surface area contributed by atoms with Crippen LogP contribution in [0.2, 0.25) is 0 Å². The van der Waals surface area contributed by atoms with Crippen molar-refractivity contribution in [3.8, 4) is 0 Å². The molecule has 8 heteroatoms. The number of rotatable bonds is 0. The predicted octanol–water partition coefficient (Wildman–Crippen LogP) is -10.5. The summed E-state index contributed by atoms with van der Waals surface area (Å²) in [7, 11) is 0. The zero-order valence-electron chi connectivity index (χ0n) is 5.08. The van der Waals surface area contributed by atoms with E-state index in [0.29, 0.717) is 0 Å². The third kappa shape index (κ3) is 39.7. The van der Waals surface area contributed by atoms with Gasteiger partial charge in [0.15, 0.2) is 0 Å². The first-order chi connectivity index (χ1) is 1.73. The van der Waals surface area contributed by atoms with Crippen LogP contribution >= 0.6 is 0 Å². The maximum atomic E-state index is 8.56. The first-order valence-corrected chi connectivity index (χ1v) is 2.26. The Labute approximate surface area is 229 Å². The molecule has 0 spiro atoms. The Morgan fingerprint density at radius 1 is 1.00 bits per heavy atom. The summed E-state index contributed by atoms with van der Waals surface area (Å²) >= 11 is -3.94. The van der Waals surface area contributed by atoms with Gasteiger partial charge in [-0.25, -0.2) is 0 Å². The SMILES string of the molecule is [Cs+].[Cs+].[Cs+].[O-2].[O]=[V](=[O])[O-]. The van der Waals surface area contributed by atoms with Crippen LogP contribution in [0.15, 0.2) is 0 Å². The molecule has 0 aromatic heterocycles. The fraction of sp³-hybridized carbons (Fsp3) is 0. The van der Waals surface area contributed by atoms with Crippen molar-refractivity contribution in [2.75, 3.05) is 0 Å². The van der Waals surface area contributed by atoms with Crippen molar-refractivity contribution in [2.24, 2.45) is 0 Å². The maximum absolute atomic E-state index is 8.56. The van der Waals surface area contributed by atoms with E-state index in [1.54, 1.807) is 0 Å². The van der Waals surface area contributed by atoms with Gasteiger partial charge in [0, 0.05) is 0 Å². The van der Waals surface area contributed by atoms with E-state index in [4.69, 9.17) is 11.4 Å². The molecule has 0 rings (SSSR count). The van der Waals surface area contributed by atoms with Crippen LogP contribution in [-0.4, -0.2) is 0 Å². The number of hydrogen-bond donors (Lipinski definition) is 0. The van der Waals surface area contributed by atoms with E-state index >= 15 is 0 Å². The van der Waals surface area contributed by atoms with Crippen molar-refractivity contribution in [2.45, 2.75) is 0 Å². The van der Waals surface area contributed by atoms with E-state index in [-0.39, 0.29) is 212 Å². The molecule has 0 aliphatic rings. The Balaban J connectivity index is -0.00000000750. The van der Waals surface area contributed by atoms with Crippen LogP contribution in [0.25, 0.3) is 0 Å². The summed E-state index contributed by atoms with van der Waals surface area (Å²) in [4.78, 5) is 0. The van der Waals surface area contributed by atoms with E-state index in [9.17, 15) is 0 Å². The minimum atomic E-state index is -3.94. The van der Waals surface area contributed by atoms with Crippen LogP contribution in [0.3, 0.4) is 0 Å². The van der Waals surface area contributed by atoms with Crippen LogP contribution in [0.5, 0.6) is 0 Å². The monoisotopic (exact) mass is 514 g/mol. The van der Waals surface area contributed by atoms with E-state index in [0.717, 1.165) is 0 Å². The molecule has 0 unspecified atom stereocenters. The summed E-state index contributed by atoms with van der Waals surface area (Å²) in [5, 5.41) is 0. The van der Waals surface area contributed by atoms with Gasteiger partial charge >= 0.3 is 233 Å². The Hall–Kier alpha value is 6.26. The minimum absolute atomic E-state index is 0. The zero-order valence-corrected chi connectivity index (χ0v) is 25.3.